The van der Waals surface area contributed by atoms with Crippen LogP contribution < -0.4 is 4.74 Å². The standard InChI is InChI=1S/C31H38N2O4/c1-30(2,3)28(36-5)25-15-20(8-11-24(25)22-17-32-33(4)18-22)19-37-23-10-9-21-7-6-13-31(27(21)16-23)14-12-26(31)29(34)35/h8-11,15-18,26,28H,6-7,12-14,19H2,1-5H3,(H,34,35). The molecule has 3 unspecified atom stereocenters. The Morgan fingerprint density at radius 2 is 2.03 bits per heavy atom. The number of aryl methyl sites for hydroxylation is 2. The first-order valence-corrected chi connectivity index (χ1v) is 13.3. The van der Waals surface area contributed by atoms with E-state index < -0.39 is 5.97 Å². The highest BCUT2D eigenvalue weighted by Gasteiger charge is 2.53. The van der Waals surface area contributed by atoms with E-state index in [0.29, 0.717) is 6.61 Å². The summed E-state index contributed by atoms with van der Waals surface area (Å²) in [4.78, 5) is 11.9. The molecule has 1 spiro atoms. The molecular formula is C31H38N2O4. The van der Waals surface area contributed by atoms with E-state index in [4.69, 9.17) is 9.47 Å². The molecular weight excluding hydrogens is 464 g/mol. The molecule has 6 heteroatoms. The number of benzene rings is 2. The van der Waals surface area contributed by atoms with Crippen LogP contribution in [0.15, 0.2) is 48.8 Å². The van der Waals surface area contributed by atoms with Gasteiger partial charge in [-0.25, -0.2) is 0 Å². The predicted octanol–water partition coefficient (Wildman–Crippen LogP) is 6.47. The molecule has 6 nitrogen and oxygen atoms in total. The fraction of sp³-hybridized carbons (Fsp3) is 0.484. The smallest absolute Gasteiger partial charge is 0.307 e. The fourth-order valence-electron chi connectivity index (χ4n) is 6.53. The molecule has 2 aromatic carbocycles. The lowest BCUT2D eigenvalue weighted by molar-refractivity contribution is -0.150. The molecule has 1 fully saturated rings. The number of carboxylic acids is 1. The SMILES string of the molecule is COC(c1cc(COc2ccc3c(c2)C2(CCC3)CCC2C(=O)O)ccc1-c1cnn(C)c1)C(C)(C)C. The number of aliphatic carboxylic acids is 1. The lowest BCUT2D eigenvalue weighted by Gasteiger charge is -2.51. The van der Waals surface area contributed by atoms with Gasteiger partial charge in [-0.15, -0.1) is 0 Å². The first kappa shape index (κ1) is 25.5. The van der Waals surface area contributed by atoms with Gasteiger partial charge in [-0.1, -0.05) is 39.0 Å². The topological polar surface area (TPSA) is 73.6 Å². The van der Waals surface area contributed by atoms with E-state index >= 15 is 0 Å². The quantitative estimate of drug-likeness (QED) is 0.401. The Hall–Kier alpha value is -3.12. The monoisotopic (exact) mass is 502 g/mol. The van der Waals surface area contributed by atoms with Crippen LogP contribution in [-0.4, -0.2) is 28.0 Å². The summed E-state index contributed by atoms with van der Waals surface area (Å²) in [6.45, 7) is 6.98. The number of hydrogen-bond acceptors (Lipinski definition) is 4. The Bertz CT molecular complexity index is 1300. The minimum atomic E-state index is -0.668. The van der Waals surface area contributed by atoms with Crippen molar-refractivity contribution in [3.05, 3.63) is 71.0 Å². The van der Waals surface area contributed by atoms with Crippen molar-refractivity contribution in [1.82, 2.24) is 9.78 Å². The Morgan fingerprint density at radius 1 is 1.22 bits per heavy atom. The number of ether oxygens (including phenoxy) is 2. The van der Waals surface area contributed by atoms with Crippen LogP contribution in [0.2, 0.25) is 0 Å². The average Bonchev–Trinajstić information content (AvgIpc) is 3.26. The molecule has 1 heterocycles. The van der Waals surface area contributed by atoms with E-state index in [1.165, 1.54) is 11.1 Å². The normalized spacial score (nSPS) is 21.8. The molecule has 196 valence electrons. The summed E-state index contributed by atoms with van der Waals surface area (Å²) in [5, 5.41) is 14.2. The van der Waals surface area contributed by atoms with Crippen molar-refractivity contribution in [2.24, 2.45) is 18.4 Å². The number of carboxylic acid groups (broad SMARTS) is 1. The van der Waals surface area contributed by atoms with Crippen LogP contribution in [0.1, 0.15) is 74.8 Å². The molecule has 0 aliphatic heterocycles. The van der Waals surface area contributed by atoms with Crippen molar-refractivity contribution < 1.29 is 19.4 Å². The van der Waals surface area contributed by atoms with Crippen LogP contribution in [0, 0.1) is 11.3 Å². The molecule has 1 saturated carbocycles. The maximum absolute atomic E-state index is 11.9. The van der Waals surface area contributed by atoms with Crippen molar-refractivity contribution >= 4 is 5.97 Å². The third-order valence-corrected chi connectivity index (χ3v) is 8.37. The lowest BCUT2D eigenvalue weighted by atomic mass is 9.52. The van der Waals surface area contributed by atoms with E-state index in [1.807, 2.05) is 30.2 Å². The van der Waals surface area contributed by atoms with Gasteiger partial charge in [0.25, 0.3) is 0 Å². The van der Waals surface area contributed by atoms with Gasteiger partial charge in [0.15, 0.2) is 0 Å². The fourth-order valence-corrected chi connectivity index (χ4v) is 6.53. The van der Waals surface area contributed by atoms with Crippen molar-refractivity contribution in [1.29, 1.82) is 0 Å². The molecule has 2 aliphatic rings. The zero-order valence-corrected chi connectivity index (χ0v) is 22.6. The second-order valence-electron chi connectivity index (χ2n) is 11.9. The second kappa shape index (κ2) is 9.64. The number of aromatic nitrogens is 2. The van der Waals surface area contributed by atoms with Gasteiger partial charge in [0.1, 0.15) is 12.4 Å². The lowest BCUT2D eigenvalue weighted by Crippen LogP contribution is -2.50. The maximum Gasteiger partial charge on any atom is 0.307 e. The summed E-state index contributed by atoms with van der Waals surface area (Å²) < 4.78 is 14.1. The summed E-state index contributed by atoms with van der Waals surface area (Å²) in [6.07, 6.45) is 8.54. The molecule has 3 atom stereocenters. The molecule has 1 N–H and O–H groups in total. The van der Waals surface area contributed by atoms with Gasteiger partial charge >= 0.3 is 5.97 Å². The van der Waals surface area contributed by atoms with Gasteiger partial charge in [-0.05, 0) is 83.5 Å². The summed E-state index contributed by atoms with van der Waals surface area (Å²) in [5.41, 5.74) is 6.50. The van der Waals surface area contributed by atoms with Crippen LogP contribution in [0.25, 0.3) is 11.1 Å². The van der Waals surface area contributed by atoms with E-state index in [0.717, 1.165) is 60.1 Å². The zero-order chi connectivity index (χ0) is 26.4. The number of hydrogen-bond donors (Lipinski definition) is 1. The highest BCUT2D eigenvalue weighted by molar-refractivity contribution is 5.74. The van der Waals surface area contributed by atoms with Gasteiger partial charge < -0.3 is 14.6 Å². The Kier molecular flexibility index (Phi) is 6.65. The zero-order valence-electron chi connectivity index (χ0n) is 22.6. The van der Waals surface area contributed by atoms with Crippen molar-refractivity contribution in [2.75, 3.05) is 7.11 Å². The van der Waals surface area contributed by atoms with Crippen molar-refractivity contribution in [3.8, 4) is 16.9 Å². The minimum absolute atomic E-state index is 0.0958. The van der Waals surface area contributed by atoms with E-state index in [2.05, 4.69) is 56.2 Å². The number of carbonyl (C=O) groups is 1. The minimum Gasteiger partial charge on any atom is -0.489 e. The molecule has 1 aromatic heterocycles. The van der Waals surface area contributed by atoms with Gasteiger partial charge in [-0.3, -0.25) is 9.48 Å². The molecule has 0 saturated heterocycles. The largest absolute Gasteiger partial charge is 0.489 e. The summed E-state index contributed by atoms with van der Waals surface area (Å²) in [5.74, 6) is -0.154. The van der Waals surface area contributed by atoms with Crippen molar-refractivity contribution in [3.63, 3.8) is 0 Å². The van der Waals surface area contributed by atoms with Gasteiger partial charge in [0.2, 0.25) is 0 Å². The molecule has 0 amide bonds. The molecule has 3 aromatic rings. The van der Waals surface area contributed by atoms with E-state index in [1.54, 1.807) is 7.11 Å². The molecule has 0 radical (unpaired) electrons. The van der Waals surface area contributed by atoms with Crippen LogP contribution >= 0.6 is 0 Å². The average molecular weight is 503 g/mol. The summed E-state index contributed by atoms with van der Waals surface area (Å²) >= 11 is 0. The predicted molar refractivity (Wildman–Crippen MR) is 144 cm³/mol. The van der Waals surface area contributed by atoms with E-state index in [9.17, 15) is 9.90 Å². The van der Waals surface area contributed by atoms with Crippen LogP contribution in [-0.2, 0) is 35.0 Å². The molecule has 37 heavy (non-hydrogen) atoms. The van der Waals surface area contributed by atoms with Crippen LogP contribution in [0.3, 0.4) is 0 Å². The second-order valence-corrected chi connectivity index (χ2v) is 11.9. The molecule has 2 aliphatic carbocycles. The Labute approximate surface area is 219 Å². The maximum atomic E-state index is 11.9. The Morgan fingerprint density at radius 3 is 2.65 bits per heavy atom. The highest BCUT2D eigenvalue weighted by atomic mass is 16.5. The van der Waals surface area contributed by atoms with Crippen LogP contribution in [0.4, 0.5) is 0 Å². The van der Waals surface area contributed by atoms with Gasteiger partial charge in [0, 0.05) is 31.3 Å². The van der Waals surface area contributed by atoms with Gasteiger partial charge in [0.05, 0.1) is 18.2 Å². The van der Waals surface area contributed by atoms with Gasteiger partial charge in [-0.2, -0.15) is 5.10 Å². The first-order chi connectivity index (χ1) is 17.6. The number of nitrogens with zero attached hydrogens (tertiary/aromatic N) is 2. The number of fused-ring (bicyclic) bond motifs is 2. The summed E-state index contributed by atoms with van der Waals surface area (Å²) in [7, 11) is 3.69. The molecule has 5 rings (SSSR count). The Balaban J connectivity index is 1.43. The number of rotatable bonds is 7. The first-order valence-electron chi connectivity index (χ1n) is 13.3. The number of methoxy groups -OCH3 is 1. The highest BCUT2D eigenvalue weighted by Crippen LogP contribution is 2.55. The summed E-state index contributed by atoms with van der Waals surface area (Å²) in [6, 6.07) is 12.7. The van der Waals surface area contributed by atoms with E-state index in [-0.39, 0.29) is 22.9 Å². The third-order valence-electron chi connectivity index (χ3n) is 8.37. The van der Waals surface area contributed by atoms with Crippen molar-refractivity contribution in [2.45, 2.75) is 71.0 Å². The van der Waals surface area contributed by atoms with Crippen LogP contribution in [0.5, 0.6) is 5.75 Å². The third kappa shape index (κ3) is 4.68. The molecule has 0 bridgehead atoms.